The van der Waals surface area contributed by atoms with Crippen molar-refractivity contribution in [3.63, 3.8) is 0 Å². The van der Waals surface area contributed by atoms with Gasteiger partial charge >= 0.3 is 6.09 Å². The van der Waals surface area contributed by atoms with E-state index >= 15 is 0 Å². The van der Waals surface area contributed by atoms with E-state index in [9.17, 15) is 4.79 Å². The zero-order chi connectivity index (χ0) is 15.0. The number of hydrogen-bond acceptors (Lipinski definition) is 4. The molecular formula is C17H21Cl2N3O2. The van der Waals surface area contributed by atoms with Crippen LogP contribution in [0.25, 0.3) is 10.9 Å². The van der Waals surface area contributed by atoms with Crippen molar-refractivity contribution in [2.75, 3.05) is 19.6 Å². The van der Waals surface area contributed by atoms with Gasteiger partial charge in [0.15, 0.2) is 0 Å². The van der Waals surface area contributed by atoms with Crippen LogP contribution in [0.15, 0.2) is 36.4 Å². The van der Waals surface area contributed by atoms with E-state index in [2.05, 4.69) is 16.4 Å². The molecule has 0 radical (unpaired) electrons. The lowest BCUT2D eigenvalue weighted by Gasteiger charge is -2.31. The number of carbonyl (C=O) groups excluding carboxylic acids is 1. The van der Waals surface area contributed by atoms with Crippen molar-refractivity contribution >= 4 is 41.8 Å². The van der Waals surface area contributed by atoms with Gasteiger partial charge in [0, 0.05) is 18.2 Å². The van der Waals surface area contributed by atoms with Crippen LogP contribution in [0.3, 0.4) is 0 Å². The first-order valence-corrected chi connectivity index (χ1v) is 7.78. The molecule has 4 rings (SSSR count). The number of fused-ring (bicyclic) bond motifs is 1. The topological polar surface area (TPSA) is 54.5 Å². The van der Waals surface area contributed by atoms with Gasteiger partial charge in [-0.2, -0.15) is 0 Å². The van der Waals surface area contributed by atoms with Gasteiger partial charge in [-0.15, -0.1) is 24.8 Å². The monoisotopic (exact) mass is 369 g/mol. The lowest BCUT2D eigenvalue weighted by molar-refractivity contribution is 0.0316. The number of rotatable bonds is 2. The van der Waals surface area contributed by atoms with Gasteiger partial charge in [-0.25, -0.2) is 4.79 Å². The van der Waals surface area contributed by atoms with Gasteiger partial charge in [-0.3, -0.25) is 9.88 Å². The molecular weight excluding hydrogens is 349 g/mol. The smallest absolute Gasteiger partial charge is 0.410 e. The van der Waals surface area contributed by atoms with Crippen LogP contribution in [0, 0.1) is 0 Å². The predicted molar refractivity (Wildman–Crippen MR) is 98.0 cm³/mol. The van der Waals surface area contributed by atoms with E-state index in [0.29, 0.717) is 13.1 Å². The Morgan fingerprint density at radius 1 is 1.12 bits per heavy atom. The predicted octanol–water partition coefficient (Wildman–Crippen LogP) is 3.15. The van der Waals surface area contributed by atoms with Crippen LogP contribution in [0.4, 0.5) is 4.79 Å². The maximum atomic E-state index is 12.2. The molecule has 7 heteroatoms. The van der Waals surface area contributed by atoms with Crippen LogP contribution in [-0.2, 0) is 11.3 Å². The van der Waals surface area contributed by atoms with Crippen LogP contribution >= 0.6 is 24.8 Å². The maximum absolute atomic E-state index is 12.2. The Labute approximate surface area is 153 Å². The summed E-state index contributed by atoms with van der Waals surface area (Å²) in [4.78, 5) is 18.6. The van der Waals surface area contributed by atoms with Crippen molar-refractivity contribution in [1.82, 2.24) is 15.2 Å². The van der Waals surface area contributed by atoms with E-state index in [0.717, 1.165) is 42.5 Å². The molecule has 1 aromatic heterocycles. The number of aromatic nitrogens is 1. The Morgan fingerprint density at radius 3 is 2.67 bits per heavy atom. The lowest BCUT2D eigenvalue weighted by Crippen LogP contribution is -2.44. The standard InChI is InChI=1S/C17H19N3O2.2ClH/c21-16-20(12-17(22-16)7-9-18-10-8-17)11-14-6-5-13-3-1-2-4-15(13)19-14;;/h1-6,18H,7-12H2;2*1H. The highest BCUT2D eigenvalue weighted by Crippen LogP contribution is 2.31. The lowest BCUT2D eigenvalue weighted by atomic mass is 9.92. The van der Waals surface area contributed by atoms with E-state index in [4.69, 9.17) is 4.74 Å². The number of halogens is 2. The minimum atomic E-state index is -0.292. The Kier molecular flexibility index (Phi) is 5.91. The van der Waals surface area contributed by atoms with Gasteiger partial charge in [0.1, 0.15) is 5.60 Å². The normalized spacial score (nSPS) is 18.8. The van der Waals surface area contributed by atoms with Crippen molar-refractivity contribution in [3.8, 4) is 0 Å². The average molecular weight is 370 g/mol. The summed E-state index contributed by atoms with van der Waals surface area (Å²) in [5.74, 6) is 0. The third-order valence-electron chi connectivity index (χ3n) is 4.56. The van der Waals surface area contributed by atoms with Gasteiger partial charge in [0.05, 0.1) is 24.3 Å². The number of nitrogens with one attached hydrogen (secondary N) is 1. The fourth-order valence-corrected chi connectivity index (χ4v) is 3.35. The molecule has 2 fully saturated rings. The Bertz CT molecular complexity index is 720. The molecule has 1 amide bonds. The maximum Gasteiger partial charge on any atom is 0.410 e. The van der Waals surface area contributed by atoms with Crippen molar-refractivity contribution in [3.05, 3.63) is 42.1 Å². The van der Waals surface area contributed by atoms with Gasteiger partial charge in [0.2, 0.25) is 0 Å². The fraction of sp³-hybridized carbons (Fsp3) is 0.412. The second-order valence-corrected chi connectivity index (χ2v) is 6.15. The molecule has 0 aliphatic carbocycles. The largest absolute Gasteiger partial charge is 0.441 e. The number of nitrogens with zero attached hydrogens (tertiary/aromatic N) is 2. The number of benzene rings is 1. The molecule has 0 bridgehead atoms. The van der Waals surface area contributed by atoms with Crippen LogP contribution < -0.4 is 5.32 Å². The molecule has 1 spiro atoms. The minimum absolute atomic E-state index is 0. The fourth-order valence-electron chi connectivity index (χ4n) is 3.35. The third-order valence-corrected chi connectivity index (χ3v) is 4.56. The van der Waals surface area contributed by atoms with Gasteiger partial charge < -0.3 is 10.1 Å². The molecule has 3 heterocycles. The minimum Gasteiger partial charge on any atom is -0.441 e. The van der Waals surface area contributed by atoms with Crippen molar-refractivity contribution in [1.29, 1.82) is 0 Å². The van der Waals surface area contributed by atoms with Crippen LogP contribution in [0.2, 0.25) is 0 Å². The van der Waals surface area contributed by atoms with E-state index < -0.39 is 0 Å². The number of para-hydroxylation sites is 1. The van der Waals surface area contributed by atoms with Gasteiger partial charge in [-0.05, 0) is 25.2 Å². The number of piperidine rings is 1. The first kappa shape index (κ1) is 18.8. The average Bonchev–Trinajstić information content (AvgIpc) is 2.83. The highest BCUT2D eigenvalue weighted by Gasteiger charge is 2.45. The molecule has 2 aliphatic rings. The van der Waals surface area contributed by atoms with Gasteiger partial charge in [-0.1, -0.05) is 24.3 Å². The number of pyridine rings is 1. The van der Waals surface area contributed by atoms with E-state index in [1.807, 2.05) is 30.3 Å². The summed E-state index contributed by atoms with van der Waals surface area (Å²) in [6, 6.07) is 12.1. The van der Waals surface area contributed by atoms with E-state index in [1.54, 1.807) is 4.90 Å². The van der Waals surface area contributed by atoms with E-state index in [1.165, 1.54) is 0 Å². The molecule has 2 saturated heterocycles. The number of amides is 1. The molecule has 130 valence electrons. The molecule has 24 heavy (non-hydrogen) atoms. The van der Waals surface area contributed by atoms with Gasteiger partial charge in [0.25, 0.3) is 0 Å². The molecule has 1 aromatic carbocycles. The zero-order valence-corrected chi connectivity index (χ0v) is 14.9. The zero-order valence-electron chi connectivity index (χ0n) is 13.2. The summed E-state index contributed by atoms with van der Waals surface area (Å²) < 4.78 is 5.68. The molecule has 0 unspecified atom stereocenters. The summed E-state index contributed by atoms with van der Waals surface area (Å²) in [6.45, 7) is 3.01. The summed E-state index contributed by atoms with van der Waals surface area (Å²) in [5.41, 5.74) is 1.57. The first-order valence-electron chi connectivity index (χ1n) is 7.78. The number of ether oxygens (including phenoxy) is 1. The molecule has 1 N–H and O–H groups in total. The molecule has 2 aliphatic heterocycles. The number of hydrogen-bond donors (Lipinski definition) is 1. The summed E-state index contributed by atoms with van der Waals surface area (Å²) in [7, 11) is 0. The van der Waals surface area contributed by atoms with Crippen LogP contribution in [-0.4, -0.2) is 41.2 Å². The summed E-state index contributed by atoms with van der Waals surface area (Å²) in [6.07, 6.45) is 1.57. The molecule has 0 saturated carbocycles. The Morgan fingerprint density at radius 2 is 1.88 bits per heavy atom. The highest BCUT2D eigenvalue weighted by molar-refractivity contribution is 5.85. The Hall–Kier alpha value is -1.56. The quantitative estimate of drug-likeness (QED) is 0.883. The van der Waals surface area contributed by atoms with Crippen molar-refractivity contribution in [2.24, 2.45) is 0 Å². The Balaban J connectivity index is 0.00000104. The second kappa shape index (κ2) is 7.55. The molecule has 0 atom stereocenters. The van der Waals surface area contributed by atoms with Crippen LogP contribution in [0.5, 0.6) is 0 Å². The van der Waals surface area contributed by atoms with E-state index in [-0.39, 0.29) is 36.5 Å². The highest BCUT2D eigenvalue weighted by atomic mass is 35.5. The molecule has 5 nitrogen and oxygen atoms in total. The third kappa shape index (κ3) is 3.58. The molecule has 2 aromatic rings. The van der Waals surface area contributed by atoms with Crippen LogP contribution in [0.1, 0.15) is 18.5 Å². The summed E-state index contributed by atoms with van der Waals surface area (Å²) in [5, 5.41) is 4.43. The summed E-state index contributed by atoms with van der Waals surface area (Å²) >= 11 is 0. The SMILES string of the molecule is Cl.Cl.O=C1OC2(CCNCC2)CN1Cc1ccc2ccccc2n1. The number of carbonyl (C=O) groups is 1. The second-order valence-electron chi connectivity index (χ2n) is 6.15. The van der Waals surface area contributed by atoms with Crippen molar-refractivity contribution in [2.45, 2.75) is 25.0 Å². The van der Waals surface area contributed by atoms with Crippen molar-refractivity contribution < 1.29 is 9.53 Å². The first-order chi connectivity index (χ1) is 10.7.